The summed E-state index contributed by atoms with van der Waals surface area (Å²) in [5.74, 6) is 1.08. The topological polar surface area (TPSA) is 63.4 Å². The zero-order valence-corrected chi connectivity index (χ0v) is 13.1. The van der Waals surface area contributed by atoms with Gasteiger partial charge in [-0.3, -0.25) is 0 Å². The van der Waals surface area contributed by atoms with Gasteiger partial charge in [0.15, 0.2) is 0 Å². The van der Waals surface area contributed by atoms with Crippen molar-refractivity contribution in [1.29, 1.82) is 0 Å². The van der Waals surface area contributed by atoms with E-state index in [0.717, 1.165) is 17.5 Å². The van der Waals surface area contributed by atoms with E-state index in [0.29, 0.717) is 31.5 Å². The van der Waals surface area contributed by atoms with Gasteiger partial charge >= 0.3 is 0 Å². The van der Waals surface area contributed by atoms with Crippen LogP contribution in [0.25, 0.3) is 0 Å². The number of hydrogen-bond acceptors (Lipinski definition) is 3. The molecule has 1 aromatic rings. The van der Waals surface area contributed by atoms with Crippen LogP contribution in [0.2, 0.25) is 0 Å². The van der Waals surface area contributed by atoms with Crippen molar-refractivity contribution in [2.45, 2.75) is 32.6 Å². The normalized spacial score (nSPS) is 20.7. The Balaban J connectivity index is 2.12. The smallest absolute Gasteiger partial charge is 0.218 e. The Morgan fingerprint density at radius 2 is 1.95 bits per heavy atom. The highest BCUT2D eigenvalue weighted by atomic mass is 32.2. The van der Waals surface area contributed by atoms with Gasteiger partial charge in [0.1, 0.15) is 0 Å². The maximum Gasteiger partial charge on any atom is 0.218 e. The predicted octanol–water partition coefficient (Wildman–Crippen LogP) is 1.95. The van der Waals surface area contributed by atoms with E-state index in [1.54, 1.807) is 4.31 Å². The molecule has 2 N–H and O–H groups in total. The molecule has 0 aromatic heterocycles. The molecule has 2 rings (SSSR count). The van der Waals surface area contributed by atoms with Crippen molar-refractivity contribution in [3.8, 4) is 0 Å². The summed E-state index contributed by atoms with van der Waals surface area (Å²) in [7, 11) is -3.23. The van der Waals surface area contributed by atoms with Gasteiger partial charge in [-0.15, -0.1) is 0 Å². The minimum Gasteiger partial charge on any atom is -0.326 e. The van der Waals surface area contributed by atoms with Crippen LogP contribution >= 0.6 is 0 Å². The molecule has 20 heavy (non-hydrogen) atoms. The Kier molecular flexibility index (Phi) is 4.83. The summed E-state index contributed by atoms with van der Waals surface area (Å²) >= 11 is 0. The zero-order chi connectivity index (χ0) is 14.8. The molecule has 0 saturated carbocycles. The van der Waals surface area contributed by atoms with Gasteiger partial charge in [0.25, 0.3) is 0 Å². The van der Waals surface area contributed by atoms with Crippen LogP contribution in [0.3, 0.4) is 0 Å². The van der Waals surface area contributed by atoms with Gasteiger partial charge in [-0.2, -0.15) is 0 Å². The number of rotatable bonds is 5. The molecule has 4 nitrogen and oxygen atoms in total. The van der Waals surface area contributed by atoms with Gasteiger partial charge in [-0.05, 0) is 29.4 Å². The van der Waals surface area contributed by atoms with E-state index in [2.05, 4.69) is 13.8 Å². The molecule has 0 radical (unpaired) electrons. The van der Waals surface area contributed by atoms with E-state index in [-0.39, 0.29) is 5.75 Å². The number of nitrogens with two attached hydrogens (primary N) is 1. The molecule has 1 fully saturated rings. The fourth-order valence-electron chi connectivity index (χ4n) is 2.74. The molecule has 1 saturated heterocycles. The number of nitrogens with zero attached hydrogens (tertiary/aromatic N) is 1. The molecule has 1 aliphatic heterocycles. The number of sulfonamides is 1. The maximum absolute atomic E-state index is 12.5. The predicted molar refractivity (Wildman–Crippen MR) is 81.5 cm³/mol. The molecule has 0 aliphatic carbocycles. The molecule has 1 atom stereocenters. The highest BCUT2D eigenvalue weighted by Gasteiger charge is 2.32. The van der Waals surface area contributed by atoms with Crippen molar-refractivity contribution in [2.75, 3.05) is 13.1 Å². The van der Waals surface area contributed by atoms with E-state index in [9.17, 15) is 8.42 Å². The standard InChI is InChI=1S/C15H24N2O2S/c1-12(2)14-7-8-17(10-14)20(18,19)11-15-6-4-3-5-13(15)9-16/h3-6,12,14H,7-11,16H2,1-2H3. The molecular formula is C15H24N2O2S. The average Bonchev–Trinajstić information content (AvgIpc) is 2.89. The van der Waals surface area contributed by atoms with Gasteiger partial charge in [0.2, 0.25) is 10.0 Å². The third kappa shape index (κ3) is 3.40. The van der Waals surface area contributed by atoms with Crippen LogP contribution in [0.5, 0.6) is 0 Å². The van der Waals surface area contributed by atoms with Crippen molar-refractivity contribution in [3.05, 3.63) is 35.4 Å². The minimum absolute atomic E-state index is 0.0607. The lowest BCUT2D eigenvalue weighted by atomic mass is 9.96. The summed E-state index contributed by atoms with van der Waals surface area (Å²) in [4.78, 5) is 0. The Morgan fingerprint density at radius 1 is 1.30 bits per heavy atom. The first-order valence-electron chi connectivity index (χ1n) is 7.18. The average molecular weight is 296 g/mol. The molecule has 5 heteroatoms. The Morgan fingerprint density at radius 3 is 2.50 bits per heavy atom. The fourth-order valence-corrected chi connectivity index (χ4v) is 4.40. The van der Waals surface area contributed by atoms with Crippen LogP contribution in [0.4, 0.5) is 0 Å². The summed E-state index contributed by atoms with van der Waals surface area (Å²) in [6.45, 7) is 6.00. The summed E-state index contributed by atoms with van der Waals surface area (Å²) in [5.41, 5.74) is 7.41. The van der Waals surface area contributed by atoms with Crippen LogP contribution in [-0.4, -0.2) is 25.8 Å². The molecule has 1 aromatic carbocycles. The number of hydrogen-bond donors (Lipinski definition) is 1. The van der Waals surface area contributed by atoms with Crippen molar-refractivity contribution in [1.82, 2.24) is 4.31 Å². The van der Waals surface area contributed by atoms with Gasteiger partial charge in [0.05, 0.1) is 5.75 Å². The van der Waals surface area contributed by atoms with Crippen LogP contribution in [0.15, 0.2) is 24.3 Å². The van der Waals surface area contributed by atoms with E-state index in [4.69, 9.17) is 5.73 Å². The van der Waals surface area contributed by atoms with E-state index < -0.39 is 10.0 Å². The molecule has 0 amide bonds. The molecule has 1 unspecified atom stereocenters. The van der Waals surface area contributed by atoms with Crippen molar-refractivity contribution in [2.24, 2.45) is 17.6 Å². The first-order chi connectivity index (χ1) is 9.44. The van der Waals surface area contributed by atoms with Gasteiger partial charge in [-0.25, -0.2) is 12.7 Å². The van der Waals surface area contributed by atoms with Gasteiger partial charge < -0.3 is 5.73 Å². The zero-order valence-electron chi connectivity index (χ0n) is 12.2. The van der Waals surface area contributed by atoms with Crippen molar-refractivity contribution in [3.63, 3.8) is 0 Å². The quantitative estimate of drug-likeness (QED) is 0.903. The Hall–Kier alpha value is -0.910. The molecule has 0 bridgehead atoms. The first-order valence-corrected chi connectivity index (χ1v) is 8.79. The molecular weight excluding hydrogens is 272 g/mol. The molecule has 112 valence electrons. The highest BCUT2D eigenvalue weighted by molar-refractivity contribution is 7.88. The molecule has 1 heterocycles. The van der Waals surface area contributed by atoms with Gasteiger partial charge in [-0.1, -0.05) is 38.1 Å². The van der Waals surface area contributed by atoms with E-state index in [1.807, 2.05) is 24.3 Å². The molecule has 1 aliphatic rings. The lowest BCUT2D eigenvalue weighted by molar-refractivity contribution is 0.388. The van der Waals surface area contributed by atoms with Crippen LogP contribution in [0.1, 0.15) is 31.4 Å². The maximum atomic E-state index is 12.5. The second-order valence-corrected chi connectivity index (χ2v) is 7.85. The van der Waals surface area contributed by atoms with Crippen LogP contribution in [0, 0.1) is 11.8 Å². The SMILES string of the molecule is CC(C)C1CCN(S(=O)(=O)Cc2ccccc2CN)C1. The second kappa shape index (κ2) is 6.24. The van der Waals surface area contributed by atoms with Crippen LogP contribution < -0.4 is 5.73 Å². The fraction of sp³-hybridized carbons (Fsp3) is 0.600. The van der Waals surface area contributed by atoms with Gasteiger partial charge in [0, 0.05) is 19.6 Å². The monoisotopic (exact) mass is 296 g/mol. The lowest BCUT2D eigenvalue weighted by Crippen LogP contribution is -2.31. The second-order valence-electron chi connectivity index (χ2n) is 5.88. The lowest BCUT2D eigenvalue weighted by Gasteiger charge is -2.19. The summed E-state index contributed by atoms with van der Waals surface area (Å²) in [6, 6.07) is 7.51. The summed E-state index contributed by atoms with van der Waals surface area (Å²) < 4.78 is 26.7. The van der Waals surface area contributed by atoms with Crippen molar-refractivity contribution < 1.29 is 8.42 Å². The summed E-state index contributed by atoms with van der Waals surface area (Å²) in [6.07, 6.45) is 0.968. The van der Waals surface area contributed by atoms with Crippen LogP contribution in [-0.2, 0) is 22.3 Å². The molecule has 0 spiro atoms. The minimum atomic E-state index is -3.23. The third-order valence-corrected chi connectivity index (χ3v) is 5.99. The van der Waals surface area contributed by atoms with E-state index >= 15 is 0 Å². The summed E-state index contributed by atoms with van der Waals surface area (Å²) in [5, 5.41) is 0. The number of benzene rings is 1. The Bertz CT molecular complexity index is 555. The first kappa shape index (κ1) is 15.5. The highest BCUT2D eigenvalue weighted by Crippen LogP contribution is 2.27. The largest absolute Gasteiger partial charge is 0.326 e. The Labute approximate surface area is 122 Å². The van der Waals surface area contributed by atoms with Crippen molar-refractivity contribution >= 4 is 10.0 Å². The van der Waals surface area contributed by atoms with E-state index in [1.165, 1.54) is 0 Å². The third-order valence-electron chi connectivity index (χ3n) is 4.20.